The van der Waals surface area contributed by atoms with Crippen molar-refractivity contribution >= 4 is 40.0 Å². The zero-order valence-electron chi connectivity index (χ0n) is 19.6. The van der Waals surface area contributed by atoms with Crippen LogP contribution in [0.1, 0.15) is 0 Å². The van der Waals surface area contributed by atoms with Gasteiger partial charge >= 0.3 is 7.05 Å². The summed E-state index contributed by atoms with van der Waals surface area (Å²) in [5.41, 5.74) is 4.12. The summed E-state index contributed by atoms with van der Waals surface area (Å²) in [6.45, 7) is 0. The summed E-state index contributed by atoms with van der Waals surface area (Å²) in [5.74, 6) is 3.11. The number of benzene rings is 3. The fraction of sp³-hybridized carbons (Fsp3) is 0.0345. The fourth-order valence-corrected chi connectivity index (χ4v) is 4.97. The van der Waals surface area contributed by atoms with Gasteiger partial charge in [0.2, 0.25) is 0 Å². The molecule has 6 nitrogen and oxygen atoms in total. The van der Waals surface area contributed by atoms with Gasteiger partial charge in [0.1, 0.15) is 23.1 Å². The van der Waals surface area contributed by atoms with Gasteiger partial charge in [-0.05, 0) is 55.6 Å². The number of ether oxygens (including phenoxy) is 1. The molecule has 0 spiro atoms. The van der Waals surface area contributed by atoms with E-state index in [4.69, 9.17) is 9.39 Å². The minimum atomic E-state index is -0.257. The summed E-state index contributed by atoms with van der Waals surface area (Å²) in [6.07, 6.45) is 5.36. The normalized spacial score (nSPS) is 12.7. The molecule has 0 atom stereocenters. The van der Waals surface area contributed by atoms with Crippen LogP contribution >= 0.6 is 0 Å². The molecule has 7 rings (SSSR count). The lowest BCUT2D eigenvalue weighted by Crippen LogP contribution is -2.47. The van der Waals surface area contributed by atoms with Gasteiger partial charge in [-0.3, -0.25) is 9.55 Å². The highest BCUT2D eigenvalue weighted by Gasteiger charge is 2.36. The lowest BCUT2D eigenvalue weighted by Gasteiger charge is -2.16. The summed E-state index contributed by atoms with van der Waals surface area (Å²) in [4.78, 5) is 11.2. The molecule has 0 unspecified atom stereocenters. The highest BCUT2D eigenvalue weighted by atomic mass is 16.5. The Hall–Kier alpha value is -4.78. The Morgan fingerprint density at radius 1 is 0.778 bits per heavy atom. The number of rotatable bonds is 4. The number of anilines is 1. The molecule has 0 bridgehead atoms. The van der Waals surface area contributed by atoms with E-state index in [-0.39, 0.29) is 7.05 Å². The molecule has 3 aromatic heterocycles. The van der Waals surface area contributed by atoms with Gasteiger partial charge in [0, 0.05) is 34.7 Å². The lowest BCUT2D eigenvalue weighted by molar-refractivity contribution is 0.481. The third-order valence-electron chi connectivity index (χ3n) is 6.61. The second-order valence-electron chi connectivity index (χ2n) is 8.82. The molecule has 4 heterocycles. The van der Waals surface area contributed by atoms with E-state index in [1.807, 2.05) is 68.0 Å². The first kappa shape index (κ1) is 20.6. The van der Waals surface area contributed by atoms with E-state index >= 15 is 0 Å². The highest BCUT2D eigenvalue weighted by Crippen LogP contribution is 2.36. The minimum absolute atomic E-state index is 0.257. The van der Waals surface area contributed by atoms with Crippen molar-refractivity contribution in [3.63, 3.8) is 0 Å². The number of aromatic nitrogens is 3. The summed E-state index contributed by atoms with van der Waals surface area (Å²) >= 11 is 0. The summed E-state index contributed by atoms with van der Waals surface area (Å²) in [6, 6.07) is 30.5. The van der Waals surface area contributed by atoms with E-state index < -0.39 is 0 Å². The average Bonchev–Trinajstić information content (AvgIpc) is 3.44. The molecule has 0 saturated carbocycles. The number of fused-ring (bicyclic) bond motifs is 4. The monoisotopic (exact) mass is 468 g/mol. The first-order chi connectivity index (χ1) is 17.8. The molecule has 7 heteroatoms. The van der Waals surface area contributed by atoms with Crippen LogP contribution in [-0.4, -0.2) is 28.6 Å². The summed E-state index contributed by atoms with van der Waals surface area (Å²) < 4.78 is 14.7. The molecule has 0 fully saturated rings. The zero-order valence-corrected chi connectivity index (χ0v) is 19.6. The zero-order chi connectivity index (χ0) is 24.1. The summed E-state index contributed by atoms with van der Waals surface area (Å²) in [7, 11) is 1.77. The standard InChI is InChI=1S/C29H21BN4O2/c1-33-26-10-4-5-11-28(26)36-30(33)20-16-22(19-31-18-20)35-21-13-14-24-23-8-2-3-9-25(23)34(27(24)17-21)29-12-6-7-15-32-29/h2-19H,1H3. The Labute approximate surface area is 208 Å². The second kappa shape index (κ2) is 8.17. The van der Waals surface area contributed by atoms with E-state index in [9.17, 15) is 0 Å². The van der Waals surface area contributed by atoms with Crippen LogP contribution in [0.5, 0.6) is 17.2 Å². The molecule has 3 aromatic carbocycles. The summed E-state index contributed by atoms with van der Waals surface area (Å²) in [5, 5.41) is 2.32. The van der Waals surface area contributed by atoms with Gasteiger partial charge in [0.25, 0.3) is 0 Å². The molecule has 6 aromatic rings. The van der Waals surface area contributed by atoms with Crippen LogP contribution in [0.2, 0.25) is 0 Å². The van der Waals surface area contributed by atoms with Crippen LogP contribution < -0.4 is 19.7 Å². The van der Waals surface area contributed by atoms with Gasteiger partial charge in [0.15, 0.2) is 0 Å². The van der Waals surface area contributed by atoms with Gasteiger partial charge < -0.3 is 14.2 Å². The van der Waals surface area contributed by atoms with Crippen molar-refractivity contribution in [3.8, 4) is 23.1 Å². The van der Waals surface area contributed by atoms with Crippen molar-refractivity contribution < 1.29 is 9.39 Å². The van der Waals surface area contributed by atoms with Crippen molar-refractivity contribution in [2.24, 2.45) is 0 Å². The minimum Gasteiger partial charge on any atom is -0.536 e. The predicted molar refractivity (Wildman–Crippen MR) is 144 cm³/mol. The number of hydrogen-bond donors (Lipinski definition) is 0. The number of para-hydroxylation sites is 3. The Morgan fingerprint density at radius 2 is 1.61 bits per heavy atom. The van der Waals surface area contributed by atoms with Crippen molar-refractivity contribution in [2.75, 3.05) is 11.9 Å². The molecular formula is C29H21BN4O2. The highest BCUT2D eigenvalue weighted by molar-refractivity contribution is 6.73. The third-order valence-corrected chi connectivity index (χ3v) is 6.61. The molecule has 0 N–H and O–H groups in total. The Kier molecular flexibility index (Phi) is 4.67. The molecule has 1 aliphatic rings. The van der Waals surface area contributed by atoms with E-state index in [0.29, 0.717) is 5.75 Å². The number of hydrogen-bond acceptors (Lipinski definition) is 5. The SMILES string of the molecule is CN1B(c2cncc(Oc3ccc4c5ccccc5n(-c5ccccn5)c4c3)c2)Oc2ccccc21. The molecule has 172 valence electrons. The van der Waals surface area contributed by atoms with E-state index in [0.717, 1.165) is 44.9 Å². The van der Waals surface area contributed by atoms with Crippen LogP contribution in [0.4, 0.5) is 5.69 Å². The van der Waals surface area contributed by atoms with E-state index in [2.05, 4.69) is 61.8 Å². The molecule has 0 aliphatic carbocycles. The molecule has 0 saturated heterocycles. The van der Waals surface area contributed by atoms with Crippen LogP contribution in [0.15, 0.2) is 110 Å². The van der Waals surface area contributed by atoms with Gasteiger partial charge in [-0.25, -0.2) is 4.98 Å². The first-order valence-corrected chi connectivity index (χ1v) is 11.8. The molecular weight excluding hydrogens is 447 g/mol. The van der Waals surface area contributed by atoms with Gasteiger partial charge in [-0.2, -0.15) is 0 Å². The van der Waals surface area contributed by atoms with Crippen LogP contribution in [0, 0.1) is 0 Å². The van der Waals surface area contributed by atoms with Gasteiger partial charge in [0.05, 0.1) is 22.9 Å². The smallest absolute Gasteiger partial charge is 0.521 e. The number of nitrogens with zero attached hydrogens (tertiary/aromatic N) is 4. The first-order valence-electron chi connectivity index (χ1n) is 11.8. The maximum Gasteiger partial charge on any atom is 0.521 e. The second-order valence-corrected chi connectivity index (χ2v) is 8.82. The maximum absolute atomic E-state index is 6.32. The predicted octanol–water partition coefficient (Wildman–Crippen LogP) is 5.59. The topological polar surface area (TPSA) is 52.4 Å². The Balaban J connectivity index is 1.27. The Bertz CT molecular complexity index is 1730. The quantitative estimate of drug-likeness (QED) is 0.316. The van der Waals surface area contributed by atoms with Crippen molar-refractivity contribution in [3.05, 3.63) is 110 Å². The van der Waals surface area contributed by atoms with Gasteiger partial charge in [-0.15, -0.1) is 0 Å². The largest absolute Gasteiger partial charge is 0.536 e. The molecule has 0 amide bonds. The molecule has 36 heavy (non-hydrogen) atoms. The van der Waals surface area contributed by atoms with Crippen LogP contribution in [0.25, 0.3) is 27.6 Å². The number of pyridine rings is 2. The van der Waals surface area contributed by atoms with Crippen molar-refractivity contribution in [1.82, 2.24) is 14.5 Å². The maximum atomic E-state index is 6.32. The Morgan fingerprint density at radius 3 is 2.50 bits per heavy atom. The van der Waals surface area contributed by atoms with Gasteiger partial charge in [-0.1, -0.05) is 36.4 Å². The van der Waals surface area contributed by atoms with E-state index in [1.54, 1.807) is 6.20 Å². The molecule has 0 radical (unpaired) electrons. The van der Waals surface area contributed by atoms with Crippen molar-refractivity contribution in [2.45, 2.75) is 0 Å². The fourth-order valence-electron chi connectivity index (χ4n) is 4.97. The van der Waals surface area contributed by atoms with E-state index in [1.165, 1.54) is 5.39 Å². The average molecular weight is 468 g/mol. The third kappa shape index (κ3) is 3.28. The molecule has 1 aliphatic heterocycles. The lowest BCUT2D eigenvalue weighted by atomic mass is 9.73. The van der Waals surface area contributed by atoms with Crippen LogP contribution in [-0.2, 0) is 0 Å². The van der Waals surface area contributed by atoms with Crippen molar-refractivity contribution in [1.29, 1.82) is 0 Å². The van der Waals surface area contributed by atoms with Crippen LogP contribution in [0.3, 0.4) is 0 Å².